The molecule has 3 nitrogen and oxygen atoms in total. The van der Waals surface area contributed by atoms with E-state index in [1.807, 2.05) is 32.2 Å². The van der Waals surface area contributed by atoms with Crippen LogP contribution in [-0.2, 0) is 4.79 Å². The van der Waals surface area contributed by atoms with Gasteiger partial charge in [0.1, 0.15) is 0 Å². The lowest BCUT2D eigenvalue weighted by molar-refractivity contribution is -0.114. The highest BCUT2D eigenvalue weighted by Gasteiger charge is 2.07. The Morgan fingerprint density at radius 1 is 1.33 bits per heavy atom. The van der Waals surface area contributed by atoms with Gasteiger partial charge in [-0.15, -0.1) is 0 Å². The van der Waals surface area contributed by atoms with Crippen molar-refractivity contribution < 1.29 is 4.79 Å². The van der Waals surface area contributed by atoms with Crippen LogP contribution in [0.3, 0.4) is 0 Å². The topological polar surface area (TPSA) is 55.4 Å². The Bertz CT molecular complexity index is 387. The highest BCUT2D eigenvalue weighted by atomic mass is 16.1. The zero-order chi connectivity index (χ0) is 14.0. The molecular weight excluding hydrogens is 224 g/mol. The molecule has 3 heteroatoms. The molecule has 100 valence electrons. The van der Waals surface area contributed by atoms with Crippen molar-refractivity contribution in [3.05, 3.63) is 35.1 Å². The number of hydrogen-bond donors (Lipinski definition) is 1. The predicted molar refractivity (Wildman–Crippen MR) is 78.5 cm³/mol. The van der Waals surface area contributed by atoms with Gasteiger partial charge in [0.2, 0.25) is 5.91 Å². The second-order valence-electron chi connectivity index (χ2n) is 4.12. The lowest BCUT2D eigenvalue weighted by Crippen LogP contribution is -2.16. The summed E-state index contributed by atoms with van der Waals surface area (Å²) >= 11 is 0. The molecule has 0 saturated heterocycles. The molecule has 0 heterocycles. The van der Waals surface area contributed by atoms with Crippen LogP contribution in [0.2, 0.25) is 0 Å². The van der Waals surface area contributed by atoms with Crippen molar-refractivity contribution in [2.45, 2.75) is 47.0 Å². The molecule has 0 saturated carbocycles. The van der Waals surface area contributed by atoms with Crippen LogP contribution in [0.15, 0.2) is 40.1 Å². The van der Waals surface area contributed by atoms with E-state index in [9.17, 15) is 4.79 Å². The number of unbranched alkanes of at least 4 members (excludes halogenated alkanes) is 1. The molecule has 0 aliphatic carbocycles. The average molecular weight is 248 g/mol. The van der Waals surface area contributed by atoms with Crippen LogP contribution >= 0.6 is 0 Å². The number of primary amides is 1. The molecule has 0 atom stereocenters. The number of allylic oxidation sites excluding steroid dienone is 3. The average Bonchev–Trinajstić information content (AvgIpc) is 2.36. The minimum Gasteiger partial charge on any atom is -0.366 e. The van der Waals surface area contributed by atoms with E-state index in [1.54, 1.807) is 6.21 Å². The number of carbonyl (C=O) groups excluding carboxylic acids is 1. The summed E-state index contributed by atoms with van der Waals surface area (Å²) < 4.78 is 0. The molecule has 0 rings (SSSR count). The summed E-state index contributed by atoms with van der Waals surface area (Å²) in [6.45, 7) is 8.04. The minimum atomic E-state index is -0.404. The fourth-order valence-electron chi connectivity index (χ4n) is 1.29. The van der Waals surface area contributed by atoms with E-state index < -0.39 is 5.91 Å². The van der Waals surface area contributed by atoms with E-state index >= 15 is 0 Å². The number of hydrogen-bond acceptors (Lipinski definition) is 2. The summed E-state index contributed by atoms with van der Waals surface area (Å²) in [4.78, 5) is 15.6. The van der Waals surface area contributed by atoms with Gasteiger partial charge in [-0.2, -0.15) is 0 Å². The lowest BCUT2D eigenvalue weighted by atomic mass is 10.0. The van der Waals surface area contributed by atoms with Crippen molar-refractivity contribution >= 4 is 12.1 Å². The molecule has 0 unspecified atom stereocenters. The molecule has 0 aliphatic heterocycles. The van der Waals surface area contributed by atoms with Crippen molar-refractivity contribution in [1.29, 1.82) is 0 Å². The van der Waals surface area contributed by atoms with Gasteiger partial charge in [-0.1, -0.05) is 38.0 Å². The van der Waals surface area contributed by atoms with Crippen LogP contribution in [0.1, 0.15) is 47.0 Å². The number of rotatable bonds is 7. The zero-order valence-electron chi connectivity index (χ0n) is 11.9. The van der Waals surface area contributed by atoms with Gasteiger partial charge in [0.05, 0.1) is 0 Å². The normalized spacial score (nSPS) is 14.3. The number of amides is 1. The molecule has 0 aromatic rings. The van der Waals surface area contributed by atoms with Gasteiger partial charge in [0.25, 0.3) is 0 Å². The molecule has 18 heavy (non-hydrogen) atoms. The number of carbonyl (C=O) groups is 1. The molecular formula is C15H24N2O. The van der Waals surface area contributed by atoms with Gasteiger partial charge in [-0.3, -0.25) is 9.79 Å². The highest BCUT2D eigenvalue weighted by Crippen LogP contribution is 2.10. The summed E-state index contributed by atoms with van der Waals surface area (Å²) in [5, 5.41) is 0. The Labute approximate surface area is 110 Å². The molecule has 0 aromatic heterocycles. The van der Waals surface area contributed by atoms with Crippen LogP contribution in [0.4, 0.5) is 0 Å². The van der Waals surface area contributed by atoms with Crippen molar-refractivity contribution in [1.82, 2.24) is 0 Å². The van der Waals surface area contributed by atoms with Gasteiger partial charge >= 0.3 is 0 Å². The largest absolute Gasteiger partial charge is 0.366 e. The Kier molecular flexibility index (Phi) is 8.54. The van der Waals surface area contributed by atoms with Gasteiger partial charge in [-0.25, -0.2) is 0 Å². The maximum absolute atomic E-state index is 11.4. The molecule has 0 spiro atoms. The highest BCUT2D eigenvalue weighted by molar-refractivity contribution is 6.05. The van der Waals surface area contributed by atoms with Crippen molar-refractivity contribution in [3.8, 4) is 0 Å². The van der Waals surface area contributed by atoms with Crippen molar-refractivity contribution in [2.75, 3.05) is 0 Å². The number of aliphatic imine (C=N–C) groups is 1. The standard InChI is InChI=1S/C15H24N2O/c1-5-8-9-14(15(16)18)13(7-3)11-17-10-12(4)6-2/h7,9-11H,5-6,8H2,1-4H3,(H2,16,18)/b12-10+,13-7+,14-9-,17-11+. The van der Waals surface area contributed by atoms with E-state index in [2.05, 4.69) is 18.8 Å². The van der Waals surface area contributed by atoms with Gasteiger partial charge in [0.15, 0.2) is 0 Å². The summed E-state index contributed by atoms with van der Waals surface area (Å²) in [6.07, 6.45) is 10.0. The third kappa shape index (κ3) is 6.18. The summed E-state index contributed by atoms with van der Waals surface area (Å²) in [5.41, 5.74) is 7.90. The third-order valence-corrected chi connectivity index (χ3v) is 2.59. The van der Waals surface area contributed by atoms with E-state index in [1.165, 1.54) is 5.57 Å². The monoisotopic (exact) mass is 248 g/mol. The molecule has 0 aliphatic rings. The Hall–Kier alpha value is -1.64. The molecule has 2 N–H and O–H groups in total. The Morgan fingerprint density at radius 2 is 2.00 bits per heavy atom. The second-order valence-corrected chi connectivity index (χ2v) is 4.12. The SMILES string of the molecule is C/C=C(\C=N\C=C(/C)CC)C(=C/CCC)/C(N)=O. The first kappa shape index (κ1) is 16.4. The van der Waals surface area contributed by atoms with Crippen molar-refractivity contribution in [3.63, 3.8) is 0 Å². The van der Waals surface area contributed by atoms with Crippen LogP contribution < -0.4 is 5.73 Å². The van der Waals surface area contributed by atoms with Gasteiger partial charge < -0.3 is 5.73 Å². The maximum atomic E-state index is 11.4. The summed E-state index contributed by atoms with van der Waals surface area (Å²) in [7, 11) is 0. The number of nitrogens with zero attached hydrogens (tertiary/aromatic N) is 1. The minimum absolute atomic E-state index is 0.404. The van der Waals surface area contributed by atoms with E-state index in [-0.39, 0.29) is 0 Å². The van der Waals surface area contributed by atoms with Crippen LogP contribution in [0.5, 0.6) is 0 Å². The van der Waals surface area contributed by atoms with Crippen LogP contribution in [0.25, 0.3) is 0 Å². The predicted octanol–water partition coefficient (Wildman–Crippen LogP) is 3.53. The molecule has 0 bridgehead atoms. The van der Waals surface area contributed by atoms with Crippen LogP contribution in [-0.4, -0.2) is 12.1 Å². The summed E-state index contributed by atoms with van der Waals surface area (Å²) in [5.74, 6) is -0.404. The van der Waals surface area contributed by atoms with E-state index in [4.69, 9.17) is 5.73 Å². The smallest absolute Gasteiger partial charge is 0.249 e. The quantitative estimate of drug-likeness (QED) is 0.418. The molecule has 0 aromatic carbocycles. The number of nitrogens with two attached hydrogens (primary N) is 1. The third-order valence-electron chi connectivity index (χ3n) is 2.59. The van der Waals surface area contributed by atoms with Crippen LogP contribution in [0, 0.1) is 0 Å². The zero-order valence-corrected chi connectivity index (χ0v) is 11.9. The van der Waals surface area contributed by atoms with E-state index in [0.717, 1.165) is 24.8 Å². The van der Waals surface area contributed by atoms with E-state index in [0.29, 0.717) is 5.57 Å². The first-order valence-corrected chi connectivity index (χ1v) is 6.42. The molecule has 1 amide bonds. The fraction of sp³-hybridized carbons (Fsp3) is 0.467. The van der Waals surface area contributed by atoms with Crippen molar-refractivity contribution in [2.24, 2.45) is 10.7 Å². The summed E-state index contributed by atoms with van der Waals surface area (Å²) in [6, 6.07) is 0. The Balaban J connectivity index is 5.01. The Morgan fingerprint density at radius 3 is 2.44 bits per heavy atom. The molecule has 0 radical (unpaired) electrons. The second kappa shape index (κ2) is 9.40. The lowest BCUT2D eigenvalue weighted by Gasteiger charge is -2.03. The van der Waals surface area contributed by atoms with Gasteiger partial charge in [-0.05, 0) is 26.7 Å². The first-order valence-electron chi connectivity index (χ1n) is 6.42. The fourth-order valence-corrected chi connectivity index (χ4v) is 1.29. The van der Waals surface area contributed by atoms with Gasteiger partial charge in [0, 0.05) is 23.6 Å². The molecule has 0 fully saturated rings. The maximum Gasteiger partial charge on any atom is 0.249 e. The first-order chi connectivity index (χ1) is 8.56.